The predicted octanol–water partition coefficient (Wildman–Crippen LogP) is 1.80. The third-order valence-electron chi connectivity index (χ3n) is 3.34. The molecule has 1 aromatic heterocycles. The molecule has 1 amide bonds. The Morgan fingerprint density at radius 3 is 3.00 bits per heavy atom. The van der Waals surface area contributed by atoms with E-state index in [1.54, 1.807) is 17.2 Å². The summed E-state index contributed by atoms with van der Waals surface area (Å²) >= 11 is 0. The van der Waals surface area contributed by atoms with Crippen molar-refractivity contribution in [3.05, 3.63) is 23.7 Å². The van der Waals surface area contributed by atoms with Crippen LogP contribution < -0.4 is 5.32 Å². The van der Waals surface area contributed by atoms with Gasteiger partial charge in [-0.3, -0.25) is 4.79 Å². The van der Waals surface area contributed by atoms with E-state index in [1.807, 2.05) is 14.0 Å². The van der Waals surface area contributed by atoms with Gasteiger partial charge in [-0.25, -0.2) is 0 Å². The Labute approximate surface area is 102 Å². The standard InChI is InChI=1S/C13H20N2O2/c1-10-12(6-8-17-10)13(16)15(2)9-11-5-3-4-7-14-11/h6,8,11,14H,3-5,7,9H2,1-2H3. The average molecular weight is 236 g/mol. The number of amides is 1. The van der Waals surface area contributed by atoms with Crippen LogP contribution in [0.1, 0.15) is 35.4 Å². The van der Waals surface area contributed by atoms with E-state index in [0.29, 0.717) is 17.4 Å². The fourth-order valence-corrected chi connectivity index (χ4v) is 2.31. The van der Waals surface area contributed by atoms with Crippen LogP contribution in [0.3, 0.4) is 0 Å². The van der Waals surface area contributed by atoms with E-state index < -0.39 is 0 Å². The minimum Gasteiger partial charge on any atom is -0.469 e. The van der Waals surface area contributed by atoms with Gasteiger partial charge in [0.15, 0.2) is 0 Å². The monoisotopic (exact) mass is 236 g/mol. The van der Waals surface area contributed by atoms with E-state index in [9.17, 15) is 4.79 Å². The molecule has 0 radical (unpaired) electrons. The van der Waals surface area contributed by atoms with E-state index in [-0.39, 0.29) is 5.91 Å². The Kier molecular flexibility index (Phi) is 3.84. The van der Waals surface area contributed by atoms with Gasteiger partial charge in [0.1, 0.15) is 5.76 Å². The number of furan rings is 1. The molecular formula is C13H20N2O2. The number of piperidine rings is 1. The normalized spacial score (nSPS) is 20.2. The number of rotatable bonds is 3. The van der Waals surface area contributed by atoms with Gasteiger partial charge < -0.3 is 14.6 Å². The molecule has 0 aromatic carbocycles. The van der Waals surface area contributed by atoms with Crippen LogP contribution in [0, 0.1) is 6.92 Å². The molecule has 17 heavy (non-hydrogen) atoms. The highest BCUT2D eigenvalue weighted by Gasteiger charge is 2.20. The Morgan fingerprint density at radius 1 is 1.59 bits per heavy atom. The molecular weight excluding hydrogens is 216 g/mol. The number of carbonyl (C=O) groups excluding carboxylic acids is 1. The topological polar surface area (TPSA) is 45.5 Å². The second kappa shape index (κ2) is 5.36. The van der Waals surface area contributed by atoms with Crippen LogP contribution in [0.5, 0.6) is 0 Å². The van der Waals surface area contributed by atoms with Crippen LogP contribution in [0.25, 0.3) is 0 Å². The first-order valence-electron chi connectivity index (χ1n) is 6.21. The van der Waals surface area contributed by atoms with Crippen LogP contribution >= 0.6 is 0 Å². The van der Waals surface area contributed by atoms with Crippen LogP contribution in [0.4, 0.5) is 0 Å². The van der Waals surface area contributed by atoms with Crippen molar-refractivity contribution in [1.29, 1.82) is 0 Å². The number of carbonyl (C=O) groups is 1. The van der Waals surface area contributed by atoms with Gasteiger partial charge in [0.25, 0.3) is 5.91 Å². The van der Waals surface area contributed by atoms with Crippen LogP contribution in [-0.4, -0.2) is 37.0 Å². The zero-order valence-corrected chi connectivity index (χ0v) is 10.5. The maximum absolute atomic E-state index is 12.1. The number of nitrogens with zero attached hydrogens (tertiary/aromatic N) is 1. The molecule has 0 spiro atoms. The molecule has 1 aromatic rings. The van der Waals surface area contributed by atoms with Gasteiger partial charge in [-0.1, -0.05) is 6.42 Å². The Morgan fingerprint density at radius 2 is 2.41 bits per heavy atom. The Hall–Kier alpha value is -1.29. The summed E-state index contributed by atoms with van der Waals surface area (Å²) in [6, 6.07) is 2.17. The third kappa shape index (κ3) is 2.88. The van der Waals surface area contributed by atoms with Crippen LogP contribution in [0.15, 0.2) is 16.7 Å². The number of hydrogen-bond donors (Lipinski definition) is 1. The highest BCUT2D eigenvalue weighted by atomic mass is 16.3. The summed E-state index contributed by atoms with van der Waals surface area (Å²) in [5.74, 6) is 0.738. The fourth-order valence-electron chi connectivity index (χ4n) is 2.31. The van der Waals surface area contributed by atoms with Gasteiger partial charge in [-0.2, -0.15) is 0 Å². The van der Waals surface area contributed by atoms with Crippen LogP contribution in [0.2, 0.25) is 0 Å². The summed E-state index contributed by atoms with van der Waals surface area (Å²) in [7, 11) is 1.85. The van der Waals surface area contributed by atoms with Gasteiger partial charge in [0.05, 0.1) is 11.8 Å². The minimum atomic E-state index is 0.0450. The highest BCUT2D eigenvalue weighted by Crippen LogP contribution is 2.13. The maximum Gasteiger partial charge on any atom is 0.257 e. The van der Waals surface area contributed by atoms with Gasteiger partial charge in [0.2, 0.25) is 0 Å². The fraction of sp³-hybridized carbons (Fsp3) is 0.615. The lowest BCUT2D eigenvalue weighted by molar-refractivity contribution is 0.0773. The molecule has 1 fully saturated rings. The lowest BCUT2D eigenvalue weighted by Crippen LogP contribution is -2.44. The first-order valence-corrected chi connectivity index (χ1v) is 6.21. The van der Waals surface area contributed by atoms with Gasteiger partial charge in [-0.15, -0.1) is 0 Å². The lowest BCUT2D eigenvalue weighted by Gasteiger charge is -2.28. The molecule has 2 heterocycles. The Balaban J connectivity index is 1.93. The second-order valence-electron chi connectivity index (χ2n) is 4.72. The largest absolute Gasteiger partial charge is 0.469 e. The van der Waals surface area contributed by atoms with E-state index >= 15 is 0 Å². The quantitative estimate of drug-likeness (QED) is 0.870. The summed E-state index contributed by atoms with van der Waals surface area (Å²) in [6.07, 6.45) is 5.22. The summed E-state index contributed by atoms with van der Waals surface area (Å²) in [6.45, 7) is 3.65. The van der Waals surface area contributed by atoms with E-state index in [1.165, 1.54) is 12.8 Å². The summed E-state index contributed by atoms with van der Waals surface area (Å²) in [4.78, 5) is 13.9. The van der Waals surface area contributed by atoms with Crippen molar-refractivity contribution in [1.82, 2.24) is 10.2 Å². The van der Waals surface area contributed by atoms with Crippen molar-refractivity contribution in [3.8, 4) is 0 Å². The maximum atomic E-state index is 12.1. The molecule has 1 atom stereocenters. The zero-order valence-electron chi connectivity index (χ0n) is 10.5. The first kappa shape index (κ1) is 12.2. The summed E-state index contributed by atoms with van der Waals surface area (Å²) in [5, 5.41) is 3.45. The van der Waals surface area contributed by atoms with Gasteiger partial charge in [-0.05, 0) is 32.4 Å². The SMILES string of the molecule is Cc1occc1C(=O)N(C)CC1CCCCN1. The van der Waals surface area contributed by atoms with Gasteiger partial charge >= 0.3 is 0 Å². The molecule has 0 bridgehead atoms. The average Bonchev–Trinajstić information content (AvgIpc) is 2.76. The molecule has 4 nitrogen and oxygen atoms in total. The molecule has 1 aliphatic rings. The minimum absolute atomic E-state index is 0.0450. The highest BCUT2D eigenvalue weighted by molar-refractivity contribution is 5.94. The summed E-state index contributed by atoms with van der Waals surface area (Å²) < 4.78 is 5.16. The molecule has 0 aliphatic carbocycles. The molecule has 0 saturated carbocycles. The molecule has 94 valence electrons. The third-order valence-corrected chi connectivity index (χ3v) is 3.34. The smallest absolute Gasteiger partial charge is 0.257 e. The summed E-state index contributed by atoms with van der Waals surface area (Å²) in [5.41, 5.74) is 0.670. The molecule has 1 saturated heterocycles. The lowest BCUT2D eigenvalue weighted by atomic mass is 10.0. The first-order chi connectivity index (χ1) is 8.18. The number of nitrogens with one attached hydrogen (secondary N) is 1. The van der Waals surface area contributed by atoms with Crippen molar-refractivity contribution in [3.63, 3.8) is 0 Å². The van der Waals surface area contributed by atoms with Crippen molar-refractivity contribution in [2.45, 2.75) is 32.2 Å². The zero-order chi connectivity index (χ0) is 12.3. The molecule has 1 unspecified atom stereocenters. The Bertz CT molecular complexity index is 381. The van der Waals surface area contributed by atoms with Crippen LogP contribution in [-0.2, 0) is 0 Å². The van der Waals surface area contributed by atoms with Crippen molar-refractivity contribution < 1.29 is 9.21 Å². The van der Waals surface area contributed by atoms with E-state index in [0.717, 1.165) is 19.5 Å². The number of aryl methyl sites for hydroxylation is 1. The number of likely N-dealkylation sites (N-methyl/N-ethyl adjacent to an activating group) is 1. The molecule has 1 N–H and O–H groups in total. The predicted molar refractivity (Wildman–Crippen MR) is 66.0 cm³/mol. The molecule has 4 heteroatoms. The second-order valence-corrected chi connectivity index (χ2v) is 4.72. The van der Waals surface area contributed by atoms with Gasteiger partial charge in [0, 0.05) is 19.6 Å². The van der Waals surface area contributed by atoms with E-state index in [4.69, 9.17) is 4.42 Å². The number of hydrogen-bond acceptors (Lipinski definition) is 3. The molecule has 1 aliphatic heterocycles. The van der Waals surface area contributed by atoms with Crippen molar-refractivity contribution >= 4 is 5.91 Å². The van der Waals surface area contributed by atoms with E-state index in [2.05, 4.69) is 5.32 Å². The molecule has 2 rings (SSSR count). The van der Waals surface area contributed by atoms with Crippen molar-refractivity contribution in [2.75, 3.05) is 20.1 Å². The van der Waals surface area contributed by atoms with Crippen molar-refractivity contribution in [2.24, 2.45) is 0 Å².